The molecule has 1 N–H and O–H groups in total. The van der Waals surface area contributed by atoms with Crippen molar-refractivity contribution in [3.63, 3.8) is 0 Å². The van der Waals surface area contributed by atoms with Crippen LogP contribution in [0.25, 0.3) is 0 Å². The van der Waals surface area contributed by atoms with Crippen LogP contribution in [0.5, 0.6) is 0 Å². The maximum atomic E-state index is 9.08. The van der Waals surface area contributed by atoms with E-state index in [1.165, 1.54) is 11.4 Å². The molecule has 5 nitrogen and oxygen atoms in total. The summed E-state index contributed by atoms with van der Waals surface area (Å²) < 4.78 is 27.2. The van der Waals surface area contributed by atoms with Crippen molar-refractivity contribution in [2.45, 2.75) is 0 Å². The van der Waals surface area contributed by atoms with Gasteiger partial charge in [0, 0.05) is 6.26 Å². The van der Waals surface area contributed by atoms with E-state index in [-0.39, 0.29) is 0 Å². The molecule has 0 bridgehead atoms. The smallest absolute Gasteiger partial charge is 0.183 e. The first-order valence-corrected chi connectivity index (χ1v) is 4.94. The van der Waals surface area contributed by atoms with Crippen molar-refractivity contribution in [2.75, 3.05) is 26.4 Å². The van der Waals surface area contributed by atoms with Crippen LogP contribution in [-0.4, -0.2) is 45.7 Å². The minimum Gasteiger partial charge on any atom is -0.748 e. The molecule has 0 radical (unpaired) electrons. The van der Waals surface area contributed by atoms with Crippen LogP contribution in [0.3, 0.4) is 0 Å². The van der Waals surface area contributed by atoms with Gasteiger partial charge in [-0.3, -0.25) is 4.90 Å². The Morgan fingerprint density at radius 3 is 2.18 bits per heavy atom. The third-order valence-corrected chi connectivity index (χ3v) is 0.947. The van der Waals surface area contributed by atoms with Gasteiger partial charge in [0.1, 0.15) is 6.54 Å². The lowest BCUT2D eigenvalue weighted by atomic mass is 10.6. The fourth-order valence-electron chi connectivity index (χ4n) is 0.526. The normalized spacial score (nSPS) is 22.6. The number of likely N-dealkylation sites (N-methyl/N-ethyl adjacent to an activating group) is 1. The van der Waals surface area contributed by atoms with Crippen LogP contribution in [0.2, 0.25) is 0 Å². The average Bonchev–Trinajstić information content (AvgIpc) is 2.12. The van der Waals surface area contributed by atoms with E-state index in [1.807, 2.05) is 6.34 Å². The van der Waals surface area contributed by atoms with Crippen molar-refractivity contribution in [1.29, 1.82) is 0 Å². The Balaban J connectivity index is 0.000000187. The number of rotatable bonds is 0. The lowest BCUT2D eigenvalue weighted by molar-refractivity contribution is -0.766. The molecule has 1 atom stereocenters. The number of quaternary nitrogens is 1. The third kappa shape index (κ3) is 12.7. The van der Waals surface area contributed by atoms with Crippen molar-refractivity contribution >= 4 is 16.5 Å². The fourth-order valence-corrected chi connectivity index (χ4v) is 0.526. The van der Waals surface area contributed by atoms with Gasteiger partial charge in [0.25, 0.3) is 0 Å². The van der Waals surface area contributed by atoms with Crippen LogP contribution < -0.4 is 4.90 Å². The largest absolute Gasteiger partial charge is 0.748 e. The zero-order valence-corrected chi connectivity index (χ0v) is 7.39. The van der Waals surface area contributed by atoms with Gasteiger partial charge in [0.2, 0.25) is 0 Å². The molecule has 11 heavy (non-hydrogen) atoms. The molecule has 0 aliphatic carbocycles. The number of aliphatic imine (C=N–C) groups is 1. The molecule has 66 valence electrons. The first-order valence-electron chi connectivity index (χ1n) is 3.12. The highest BCUT2D eigenvalue weighted by Crippen LogP contribution is 1.62. The number of nitrogens with one attached hydrogen (secondary N) is 1. The first kappa shape index (κ1) is 10.5. The van der Waals surface area contributed by atoms with E-state index in [0.29, 0.717) is 6.26 Å². The third-order valence-electron chi connectivity index (χ3n) is 0.947. The summed E-state index contributed by atoms with van der Waals surface area (Å²) in [5.41, 5.74) is 0. The van der Waals surface area contributed by atoms with Crippen LogP contribution >= 0.6 is 0 Å². The van der Waals surface area contributed by atoms with Crippen LogP contribution in [0.4, 0.5) is 0 Å². The van der Waals surface area contributed by atoms with Crippen molar-refractivity contribution < 1.29 is 17.9 Å². The molecule has 0 spiro atoms. The van der Waals surface area contributed by atoms with Crippen LogP contribution in [0.15, 0.2) is 4.99 Å². The first-order chi connectivity index (χ1) is 4.89. The standard InChI is InChI=1S/C4H8N2.CH4O3S/c1-6-3-2-5-4-6;1-5(2,3)4/h4H,2-3H2,1H3;1H3,(H,2,3,4). The highest BCUT2D eigenvalue weighted by atomic mass is 32.2. The number of hydrogen-bond donors (Lipinski definition) is 1. The SMILES string of the molecule is CS(=O)(=O)[O-].C[NH+]1C=NCC1. The minimum absolute atomic E-state index is 0.604. The fraction of sp³-hybridized carbons (Fsp3) is 0.800. The molecule has 0 saturated carbocycles. The van der Waals surface area contributed by atoms with E-state index in [9.17, 15) is 0 Å². The van der Waals surface area contributed by atoms with Crippen LogP contribution in [0.1, 0.15) is 0 Å². The quantitative estimate of drug-likeness (QED) is 0.426. The van der Waals surface area contributed by atoms with Gasteiger partial charge in [0.15, 0.2) is 6.34 Å². The topological polar surface area (TPSA) is 74.0 Å². The Labute approximate surface area is 66.5 Å². The molecule has 0 aromatic heterocycles. The van der Waals surface area contributed by atoms with Gasteiger partial charge in [-0.1, -0.05) is 0 Å². The van der Waals surface area contributed by atoms with Crippen molar-refractivity contribution in [3.8, 4) is 0 Å². The minimum atomic E-state index is -3.92. The average molecular weight is 180 g/mol. The molecular formula is C5H12N2O3S. The lowest BCUT2D eigenvalue weighted by Crippen LogP contribution is -3.06. The lowest BCUT2D eigenvalue weighted by Gasteiger charge is -1.92. The highest BCUT2D eigenvalue weighted by Gasteiger charge is 2.00. The number of hydrogen-bond acceptors (Lipinski definition) is 4. The summed E-state index contributed by atoms with van der Waals surface area (Å²) in [4.78, 5) is 5.41. The van der Waals surface area contributed by atoms with Gasteiger partial charge in [0.05, 0.1) is 23.7 Å². The monoisotopic (exact) mass is 180 g/mol. The summed E-state index contributed by atoms with van der Waals surface area (Å²) in [5.74, 6) is 0. The predicted molar refractivity (Wildman–Crippen MR) is 40.7 cm³/mol. The summed E-state index contributed by atoms with van der Waals surface area (Å²) in [6.45, 7) is 2.20. The van der Waals surface area contributed by atoms with E-state index in [1.54, 1.807) is 0 Å². The summed E-state index contributed by atoms with van der Waals surface area (Å²) >= 11 is 0. The van der Waals surface area contributed by atoms with Crippen molar-refractivity contribution in [1.82, 2.24) is 0 Å². The summed E-state index contributed by atoms with van der Waals surface area (Å²) in [6, 6.07) is 0. The van der Waals surface area contributed by atoms with E-state index in [4.69, 9.17) is 13.0 Å². The van der Waals surface area contributed by atoms with Crippen LogP contribution in [0, 0.1) is 0 Å². The molecule has 0 saturated heterocycles. The van der Waals surface area contributed by atoms with Gasteiger partial charge in [-0.2, -0.15) is 0 Å². The summed E-state index contributed by atoms with van der Waals surface area (Å²) in [5, 5.41) is 0. The zero-order chi connectivity index (χ0) is 8.91. The molecule has 1 aliphatic heterocycles. The van der Waals surface area contributed by atoms with Crippen molar-refractivity contribution in [3.05, 3.63) is 0 Å². The summed E-state index contributed by atoms with van der Waals surface area (Å²) in [6.07, 6.45) is 2.55. The van der Waals surface area contributed by atoms with E-state index in [0.717, 1.165) is 6.54 Å². The van der Waals surface area contributed by atoms with Gasteiger partial charge < -0.3 is 4.55 Å². The Bertz CT molecular complexity index is 214. The van der Waals surface area contributed by atoms with Gasteiger partial charge in [-0.05, 0) is 0 Å². The molecule has 1 heterocycles. The maximum Gasteiger partial charge on any atom is 0.183 e. The molecule has 0 fully saturated rings. The molecule has 1 unspecified atom stereocenters. The Hall–Kier alpha value is -0.460. The van der Waals surface area contributed by atoms with E-state index < -0.39 is 10.1 Å². The van der Waals surface area contributed by atoms with E-state index in [2.05, 4.69) is 12.0 Å². The molecule has 0 aromatic carbocycles. The van der Waals surface area contributed by atoms with E-state index >= 15 is 0 Å². The second-order valence-corrected chi connectivity index (χ2v) is 3.74. The second-order valence-electron chi connectivity index (χ2n) is 2.34. The molecule has 1 aliphatic rings. The van der Waals surface area contributed by atoms with Crippen LogP contribution in [-0.2, 0) is 10.1 Å². The van der Waals surface area contributed by atoms with Gasteiger partial charge >= 0.3 is 0 Å². The second kappa shape index (κ2) is 4.42. The Morgan fingerprint density at radius 2 is 2.09 bits per heavy atom. The zero-order valence-electron chi connectivity index (χ0n) is 6.57. The van der Waals surface area contributed by atoms with Gasteiger partial charge in [-0.25, -0.2) is 13.4 Å². The molecular weight excluding hydrogens is 168 g/mol. The highest BCUT2D eigenvalue weighted by molar-refractivity contribution is 7.84. The Morgan fingerprint density at radius 1 is 1.64 bits per heavy atom. The number of nitrogens with zero attached hydrogens (tertiary/aromatic N) is 1. The molecule has 0 amide bonds. The van der Waals surface area contributed by atoms with Gasteiger partial charge in [-0.15, -0.1) is 0 Å². The Kier molecular flexibility index (Phi) is 4.24. The predicted octanol–water partition coefficient (Wildman–Crippen LogP) is -2.30. The maximum absolute atomic E-state index is 9.08. The molecule has 1 rings (SSSR count). The molecule has 6 heteroatoms. The van der Waals surface area contributed by atoms with Crippen molar-refractivity contribution in [2.24, 2.45) is 4.99 Å². The molecule has 0 aromatic rings. The summed E-state index contributed by atoms with van der Waals surface area (Å²) in [7, 11) is -1.81.